The maximum atomic E-state index is 14.1. The fourth-order valence-electron chi connectivity index (χ4n) is 4.81. The van der Waals surface area contributed by atoms with Crippen LogP contribution in [0.4, 0.5) is 8.78 Å². The average Bonchev–Trinajstić information content (AvgIpc) is 2.68. The first-order valence-electron chi connectivity index (χ1n) is 9.56. The molecule has 2 unspecified atom stereocenters. The van der Waals surface area contributed by atoms with Gasteiger partial charge in [0.1, 0.15) is 5.92 Å². The Morgan fingerprint density at radius 3 is 2.28 bits per heavy atom. The zero-order chi connectivity index (χ0) is 21.6. The summed E-state index contributed by atoms with van der Waals surface area (Å²) in [5.74, 6) is -4.03. The van der Waals surface area contributed by atoms with E-state index in [1.54, 1.807) is 0 Å². The summed E-state index contributed by atoms with van der Waals surface area (Å²) in [4.78, 5) is 0. The molecule has 148 valence electrons. The van der Waals surface area contributed by atoms with Crippen molar-refractivity contribution >= 4 is 5.71 Å². The summed E-state index contributed by atoms with van der Waals surface area (Å²) in [6.07, 6.45) is 3.30. The van der Waals surface area contributed by atoms with Gasteiger partial charge in [0.2, 0.25) is 0 Å². The first-order chi connectivity index (χ1) is 13.6. The van der Waals surface area contributed by atoms with Crippen LogP contribution in [0.2, 0.25) is 0 Å². The van der Waals surface area contributed by atoms with Crippen molar-refractivity contribution < 1.29 is 8.78 Å². The van der Waals surface area contributed by atoms with Crippen LogP contribution in [-0.2, 0) is 0 Å². The third kappa shape index (κ3) is 3.12. The molecule has 0 aromatic heterocycles. The molecule has 0 aliphatic heterocycles. The highest BCUT2D eigenvalue weighted by Gasteiger charge is 2.58. The first-order valence-corrected chi connectivity index (χ1v) is 9.56. The maximum Gasteiger partial charge on any atom is 0.189 e. The average molecular weight is 392 g/mol. The van der Waals surface area contributed by atoms with E-state index in [-0.39, 0.29) is 23.0 Å². The number of benzene rings is 1. The minimum atomic E-state index is -1.91. The predicted molar refractivity (Wildman–Crippen MR) is 103 cm³/mol. The molecule has 1 fully saturated rings. The molecule has 0 amide bonds. The molecule has 2 aliphatic rings. The van der Waals surface area contributed by atoms with Gasteiger partial charge in [-0.05, 0) is 53.4 Å². The Kier molecular flexibility index (Phi) is 5.06. The van der Waals surface area contributed by atoms with Crippen molar-refractivity contribution in [2.75, 3.05) is 0 Å². The van der Waals surface area contributed by atoms with Gasteiger partial charge >= 0.3 is 0 Å². The van der Waals surface area contributed by atoms with Crippen molar-refractivity contribution in [3.8, 4) is 18.2 Å². The molecule has 0 bridgehead atoms. The van der Waals surface area contributed by atoms with E-state index >= 15 is 0 Å². The van der Waals surface area contributed by atoms with Crippen molar-refractivity contribution in [3.63, 3.8) is 0 Å². The van der Waals surface area contributed by atoms with Crippen LogP contribution in [0.15, 0.2) is 29.8 Å². The molecule has 1 aromatic carbocycles. The maximum absolute atomic E-state index is 14.1. The molecule has 1 aromatic rings. The molecule has 0 saturated heterocycles. The van der Waals surface area contributed by atoms with E-state index in [0.29, 0.717) is 17.6 Å². The first kappa shape index (κ1) is 20.7. The third-order valence-electron chi connectivity index (χ3n) is 6.53. The summed E-state index contributed by atoms with van der Waals surface area (Å²) < 4.78 is 27.6. The number of nitriles is 3. The van der Waals surface area contributed by atoms with Crippen LogP contribution in [0.3, 0.4) is 0 Å². The standard InChI is InChI=1S/C23H22F2N4/c1-22(2,3)14-5-6-15-16(9-14)20(13-4-7-18(24)19(25)8-13)23(11-27,12-28)21(29)17(15)10-26/h4,6-8,14,16-17,20,29H,5,9H2,1-3H3/t14?,16-,17?,20+/m0/s1. The van der Waals surface area contributed by atoms with Crippen LogP contribution < -0.4 is 0 Å². The second kappa shape index (κ2) is 7.09. The lowest BCUT2D eigenvalue weighted by Crippen LogP contribution is -2.50. The molecule has 3 rings (SSSR count). The highest BCUT2D eigenvalue weighted by molar-refractivity contribution is 6.00. The van der Waals surface area contributed by atoms with Crippen LogP contribution in [-0.4, -0.2) is 5.71 Å². The topological polar surface area (TPSA) is 95.2 Å². The molecule has 1 N–H and O–H groups in total. The van der Waals surface area contributed by atoms with Gasteiger partial charge in [0.15, 0.2) is 17.0 Å². The van der Waals surface area contributed by atoms with Gasteiger partial charge in [0, 0.05) is 5.92 Å². The predicted octanol–water partition coefficient (Wildman–Crippen LogP) is 5.25. The Labute approximate surface area is 169 Å². The fourth-order valence-corrected chi connectivity index (χ4v) is 4.81. The van der Waals surface area contributed by atoms with Crippen LogP contribution in [0.5, 0.6) is 0 Å². The molecule has 0 heterocycles. The summed E-state index contributed by atoms with van der Waals surface area (Å²) in [5.41, 5.74) is -1.22. The number of allylic oxidation sites excluding steroid dienone is 2. The third-order valence-corrected chi connectivity index (χ3v) is 6.53. The molecule has 1 saturated carbocycles. The Morgan fingerprint density at radius 1 is 1.10 bits per heavy atom. The van der Waals surface area contributed by atoms with Crippen molar-refractivity contribution in [1.82, 2.24) is 0 Å². The van der Waals surface area contributed by atoms with Gasteiger partial charge in [-0.3, -0.25) is 0 Å². The monoisotopic (exact) mass is 392 g/mol. The Bertz CT molecular complexity index is 999. The van der Waals surface area contributed by atoms with Gasteiger partial charge in [-0.1, -0.05) is 32.9 Å². The van der Waals surface area contributed by atoms with E-state index in [2.05, 4.69) is 26.8 Å². The summed E-state index contributed by atoms with van der Waals surface area (Å²) in [7, 11) is 0. The van der Waals surface area contributed by atoms with E-state index in [1.807, 2.05) is 18.2 Å². The zero-order valence-electron chi connectivity index (χ0n) is 16.6. The van der Waals surface area contributed by atoms with E-state index in [0.717, 1.165) is 18.6 Å². The minimum absolute atomic E-state index is 0.0460. The molecule has 4 atom stereocenters. The lowest BCUT2D eigenvalue weighted by atomic mass is 9.51. The minimum Gasteiger partial charge on any atom is -0.305 e. The second-order valence-corrected chi connectivity index (χ2v) is 9.00. The van der Waals surface area contributed by atoms with Crippen molar-refractivity contribution in [1.29, 1.82) is 21.2 Å². The molecule has 0 radical (unpaired) electrons. The van der Waals surface area contributed by atoms with Gasteiger partial charge in [-0.25, -0.2) is 8.78 Å². The quantitative estimate of drug-likeness (QED) is 0.661. The van der Waals surface area contributed by atoms with E-state index in [4.69, 9.17) is 5.41 Å². The van der Waals surface area contributed by atoms with E-state index in [1.165, 1.54) is 6.07 Å². The smallest absolute Gasteiger partial charge is 0.189 e. The lowest BCUT2D eigenvalue weighted by Gasteiger charge is -2.49. The zero-order valence-corrected chi connectivity index (χ0v) is 16.6. The lowest BCUT2D eigenvalue weighted by molar-refractivity contribution is 0.168. The molecular weight excluding hydrogens is 370 g/mol. The SMILES string of the molecule is CC(C)(C)C1CC=C2C(C#N)C(=N)C(C#N)(C#N)[C@H](c3ccc(F)c(F)c3)[C@H]2C1. The molecule has 29 heavy (non-hydrogen) atoms. The largest absolute Gasteiger partial charge is 0.305 e. The van der Waals surface area contributed by atoms with Crippen molar-refractivity contribution in [2.45, 2.75) is 39.5 Å². The van der Waals surface area contributed by atoms with Gasteiger partial charge < -0.3 is 5.41 Å². The molecule has 4 nitrogen and oxygen atoms in total. The summed E-state index contributed by atoms with van der Waals surface area (Å²) in [6.45, 7) is 6.33. The second-order valence-electron chi connectivity index (χ2n) is 9.00. The number of nitrogens with one attached hydrogen (secondary N) is 1. The van der Waals surface area contributed by atoms with Crippen LogP contribution in [0, 0.1) is 79.6 Å². The highest BCUT2D eigenvalue weighted by atomic mass is 19.2. The van der Waals surface area contributed by atoms with Crippen LogP contribution in [0.25, 0.3) is 0 Å². The molecule has 6 heteroatoms. The number of rotatable bonds is 1. The van der Waals surface area contributed by atoms with Crippen molar-refractivity contribution in [2.24, 2.45) is 28.6 Å². The van der Waals surface area contributed by atoms with Gasteiger partial charge in [-0.2, -0.15) is 15.8 Å². The Morgan fingerprint density at radius 2 is 1.76 bits per heavy atom. The molecule has 0 spiro atoms. The molecular formula is C23H22F2N4. The van der Waals surface area contributed by atoms with Gasteiger partial charge in [-0.15, -0.1) is 0 Å². The van der Waals surface area contributed by atoms with E-state index < -0.39 is 28.9 Å². The van der Waals surface area contributed by atoms with Crippen molar-refractivity contribution in [3.05, 3.63) is 47.0 Å². The Balaban J connectivity index is 2.27. The number of hydrogen-bond acceptors (Lipinski definition) is 4. The number of fused-ring (bicyclic) bond motifs is 1. The number of halogens is 2. The van der Waals surface area contributed by atoms with Gasteiger partial charge in [0.05, 0.1) is 23.9 Å². The summed E-state index contributed by atoms with van der Waals surface area (Å²) in [5, 5.41) is 38.2. The summed E-state index contributed by atoms with van der Waals surface area (Å²) in [6, 6.07) is 9.41. The normalized spacial score (nSPS) is 28.3. The number of nitrogens with zero attached hydrogens (tertiary/aromatic N) is 3. The van der Waals surface area contributed by atoms with E-state index in [9.17, 15) is 24.6 Å². The van der Waals surface area contributed by atoms with Crippen LogP contribution >= 0.6 is 0 Å². The van der Waals surface area contributed by atoms with Gasteiger partial charge in [0.25, 0.3) is 0 Å². The Hall–Kier alpha value is -3.04. The molecule has 2 aliphatic carbocycles. The number of hydrogen-bond donors (Lipinski definition) is 1. The summed E-state index contributed by atoms with van der Waals surface area (Å²) >= 11 is 0. The highest BCUT2D eigenvalue weighted by Crippen LogP contribution is 2.57. The fraction of sp³-hybridized carbons (Fsp3) is 0.478. The van der Waals surface area contributed by atoms with Crippen LogP contribution in [0.1, 0.15) is 45.1 Å².